The fourth-order valence-electron chi connectivity index (χ4n) is 3.06. The minimum absolute atomic E-state index is 0. The maximum absolute atomic E-state index is 13.0. The van der Waals surface area contributed by atoms with E-state index in [0.717, 1.165) is 49.3 Å². The summed E-state index contributed by atoms with van der Waals surface area (Å²) in [5.41, 5.74) is 3.21. The minimum atomic E-state index is -0.363. The largest absolute Gasteiger partial charge is 0.384 e. The molecule has 0 unspecified atom stereocenters. The average molecular weight is 348 g/mol. The number of fused-ring (bicyclic) bond motifs is 1. The number of amides is 1. The third-order valence-corrected chi connectivity index (χ3v) is 4.58. The highest BCUT2D eigenvalue weighted by molar-refractivity contribution is 5.95. The van der Waals surface area contributed by atoms with E-state index >= 15 is 0 Å². The van der Waals surface area contributed by atoms with Crippen molar-refractivity contribution in [3.63, 3.8) is 0 Å². The van der Waals surface area contributed by atoms with Crippen LogP contribution in [0.2, 0.25) is 0 Å². The molecule has 0 atom stereocenters. The normalized spacial score (nSPS) is 17.0. The van der Waals surface area contributed by atoms with E-state index in [2.05, 4.69) is 16.7 Å². The van der Waals surface area contributed by atoms with Gasteiger partial charge >= 0.3 is 0 Å². The number of pyridine rings is 1. The zero-order valence-corrected chi connectivity index (χ0v) is 14.0. The summed E-state index contributed by atoms with van der Waals surface area (Å²) in [5, 5.41) is 6.43. The number of carbonyl (C=O) groups excluding carboxylic acids is 1. The first-order chi connectivity index (χ1) is 11.2. The van der Waals surface area contributed by atoms with Crippen molar-refractivity contribution in [2.75, 3.05) is 11.9 Å². The number of carbonyl (C=O) groups is 1. The molecule has 24 heavy (non-hydrogen) atoms. The monoisotopic (exact) mass is 347 g/mol. The summed E-state index contributed by atoms with van der Waals surface area (Å²) in [6.07, 6.45) is 3.83. The minimum Gasteiger partial charge on any atom is -0.384 e. The summed E-state index contributed by atoms with van der Waals surface area (Å²) in [4.78, 5) is 17.2. The fourth-order valence-corrected chi connectivity index (χ4v) is 3.06. The molecule has 2 aromatic rings. The van der Waals surface area contributed by atoms with E-state index in [1.807, 2.05) is 6.07 Å². The zero-order chi connectivity index (χ0) is 15.9. The Balaban J connectivity index is 0.00000169. The van der Waals surface area contributed by atoms with Crippen LogP contribution in [0.3, 0.4) is 0 Å². The number of rotatable bonds is 3. The van der Waals surface area contributed by atoms with Crippen molar-refractivity contribution >= 4 is 24.0 Å². The van der Waals surface area contributed by atoms with Crippen LogP contribution in [-0.2, 0) is 12.0 Å². The summed E-state index contributed by atoms with van der Waals surface area (Å²) in [6, 6.07) is 9.67. The third kappa shape index (κ3) is 3.08. The van der Waals surface area contributed by atoms with E-state index < -0.39 is 0 Å². The molecule has 1 aliphatic carbocycles. The molecule has 1 aromatic heterocycles. The van der Waals surface area contributed by atoms with Crippen LogP contribution in [0.25, 0.3) is 0 Å². The Morgan fingerprint density at radius 1 is 1.17 bits per heavy atom. The fraction of sp³-hybridized carbons (Fsp3) is 0.333. The lowest BCUT2D eigenvalue weighted by atomic mass is 10.1. The molecule has 4 rings (SSSR count). The van der Waals surface area contributed by atoms with E-state index in [9.17, 15) is 9.18 Å². The predicted octanol–water partition coefficient (Wildman–Crippen LogP) is 3.42. The number of nitrogens with one attached hydrogen (secondary N) is 2. The molecule has 126 valence electrons. The van der Waals surface area contributed by atoms with Crippen molar-refractivity contribution < 1.29 is 9.18 Å². The molecule has 1 fully saturated rings. The van der Waals surface area contributed by atoms with Crippen LogP contribution in [0.4, 0.5) is 10.1 Å². The number of nitrogens with zero attached hydrogens (tertiary/aromatic N) is 1. The molecule has 2 N–H and O–H groups in total. The topological polar surface area (TPSA) is 54.0 Å². The zero-order valence-electron chi connectivity index (χ0n) is 13.1. The first-order valence-electron chi connectivity index (χ1n) is 7.99. The number of benzene rings is 1. The first kappa shape index (κ1) is 16.7. The van der Waals surface area contributed by atoms with Crippen LogP contribution in [-0.4, -0.2) is 17.4 Å². The van der Waals surface area contributed by atoms with Crippen molar-refractivity contribution in [2.45, 2.75) is 31.2 Å². The molecule has 1 aliphatic heterocycles. The average Bonchev–Trinajstić information content (AvgIpc) is 3.35. The van der Waals surface area contributed by atoms with Crippen LogP contribution >= 0.6 is 12.4 Å². The second-order valence-electron chi connectivity index (χ2n) is 6.26. The highest BCUT2D eigenvalue weighted by Gasteiger charge is 2.47. The van der Waals surface area contributed by atoms with Crippen molar-refractivity contribution in [3.8, 4) is 0 Å². The van der Waals surface area contributed by atoms with Gasteiger partial charge in [0.05, 0.1) is 22.6 Å². The van der Waals surface area contributed by atoms with E-state index in [-0.39, 0.29) is 29.7 Å². The highest BCUT2D eigenvalue weighted by atomic mass is 35.5. The van der Waals surface area contributed by atoms with Crippen molar-refractivity contribution in [3.05, 3.63) is 59.2 Å². The second-order valence-corrected chi connectivity index (χ2v) is 6.26. The van der Waals surface area contributed by atoms with Gasteiger partial charge in [-0.3, -0.25) is 9.78 Å². The lowest BCUT2D eigenvalue weighted by Gasteiger charge is -2.22. The molecular formula is C18H19ClFN3O. The highest BCUT2D eigenvalue weighted by Crippen LogP contribution is 2.45. The van der Waals surface area contributed by atoms with Crippen LogP contribution in [0.1, 0.15) is 41.0 Å². The molecule has 2 heterocycles. The van der Waals surface area contributed by atoms with Gasteiger partial charge in [0.2, 0.25) is 0 Å². The van der Waals surface area contributed by atoms with Crippen LogP contribution in [0, 0.1) is 5.82 Å². The molecule has 0 bridgehead atoms. The predicted molar refractivity (Wildman–Crippen MR) is 93.1 cm³/mol. The van der Waals surface area contributed by atoms with Gasteiger partial charge in [0.15, 0.2) is 0 Å². The number of aromatic nitrogens is 1. The maximum Gasteiger partial charge on any atom is 0.252 e. The standard InChI is InChI=1S/C18H18FN3O.ClH/c19-13-5-3-12(4-6-13)17(23)22-18(9-10-18)16-8-7-14-15(21-16)2-1-11-20-14;/h3-8,20H,1-2,9-11H2,(H,22,23);1H. The van der Waals surface area contributed by atoms with Gasteiger partial charge in [-0.25, -0.2) is 4.39 Å². The number of hydrogen-bond acceptors (Lipinski definition) is 3. The van der Waals surface area contributed by atoms with E-state index in [1.165, 1.54) is 24.3 Å². The summed E-state index contributed by atoms with van der Waals surface area (Å²) in [6.45, 7) is 0.987. The number of hydrogen-bond donors (Lipinski definition) is 2. The number of halogens is 2. The Morgan fingerprint density at radius 3 is 2.62 bits per heavy atom. The Labute approximate surface area is 146 Å². The SMILES string of the molecule is Cl.O=C(NC1(c2ccc3c(n2)CCCN3)CC1)c1ccc(F)cc1. The summed E-state index contributed by atoms with van der Waals surface area (Å²) < 4.78 is 13.0. The Kier molecular flexibility index (Phi) is 4.45. The van der Waals surface area contributed by atoms with Gasteiger partial charge in [-0.15, -0.1) is 12.4 Å². The number of aryl methyl sites for hydroxylation is 1. The molecule has 0 spiro atoms. The molecule has 1 aromatic carbocycles. The molecule has 2 aliphatic rings. The number of anilines is 1. The summed E-state index contributed by atoms with van der Waals surface area (Å²) >= 11 is 0. The maximum atomic E-state index is 13.0. The third-order valence-electron chi connectivity index (χ3n) is 4.58. The molecule has 0 radical (unpaired) electrons. The molecule has 6 heteroatoms. The van der Waals surface area contributed by atoms with Crippen LogP contribution in [0.15, 0.2) is 36.4 Å². The van der Waals surface area contributed by atoms with Crippen molar-refractivity contribution in [1.29, 1.82) is 0 Å². The Morgan fingerprint density at radius 2 is 1.92 bits per heavy atom. The Hall–Kier alpha value is -2.14. The van der Waals surface area contributed by atoms with Crippen LogP contribution < -0.4 is 10.6 Å². The van der Waals surface area contributed by atoms with Gasteiger partial charge in [0.25, 0.3) is 5.91 Å². The van der Waals surface area contributed by atoms with Gasteiger partial charge in [-0.05, 0) is 62.1 Å². The van der Waals surface area contributed by atoms with Gasteiger partial charge < -0.3 is 10.6 Å². The van der Waals surface area contributed by atoms with Gasteiger partial charge in [-0.2, -0.15) is 0 Å². The second kappa shape index (κ2) is 6.40. The van der Waals surface area contributed by atoms with E-state index in [1.54, 1.807) is 0 Å². The van der Waals surface area contributed by atoms with Crippen molar-refractivity contribution in [1.82, 2.24) is 10.3 Å². The molecule has 1 saturated carbocycles. The lowest BCUT2D eigenvalue weighted by molar-refractivity contribution is 0.0929. The molecule has 4 nitrogen and oxygen atoms in total. The Bertz CT molecular complexity index is 759. The van der Waals surface area contributed by atoms with Gasteiger partial charge in [0, 0.05) is 12.1 Å². The molecule has 1 amide bonds. The van der Waals surface area contributed by atoms with Crippen LogP contribution in [0.5, 0.6) is 0 Å². The smallest absolute Gasteiger partial charge is 0.252 e. The molecule has 0 saturated heterocycles. The summed E-state index contributed by atoms with van der Waals surface area (Å²) in [7, 11) is 0. The summed E-state index contributed by atoms with van der Waals surface area (Å²) in [5.74, 6) is -0.522. The lowest BCUT2D eigenvalue weighted by Crippen LogP contribution is -2.35. The van der Waals surface area contributed by atoms with E-state index in [0.29, 0.717) is 5.56 Å². The van der Waals surface area contributed by atoms with Crippen molar-refractivity contribution in [2.24, 2.45) is 0 Å². The van der Waals surface area contributed by atoms with E-state index in [4.69, 9.17) is 4.98 Å². The van der Waals surface area contributed by atoms with Gasteiger partial charge in [0.1, 0.15) is 5.82 Å². The quantitative estimate of drug-likeness (QED) is 0.894. The first-order valence-corrected chi connectivity index (χ1v) is 7.99. The van der Waals surface area contributed by atoms with Gasteiger partial charge in [-0.1, -0.05) is 0 Å². The molecular weight excluding hydrogens is 329 g/mol.